The molecule has 0 aliphatic carbocycles. The highest BCUT2D eigenvalue weighted by Gasteiger charge is 2.48. The van der Waals surface area contributed by atoms with Gasteiger partial charge < -0.3 is 14.2 Å². The van der Waals surface area contributed by atoms with Gasteiger partial charge in [-0.25, -0.2) is 4.98 Å². The summed E-state index contributed by atoms with van der Waals surface area (Å²) in [6, 6.07) is 8.17. The van der Waals surface area contributed by atoms with Crippen molar-refractivity contribution in [1.29, 1.82) is 0 Å². The molecular formula is C19H23N3O3. The van der Waals surface area contributed by atoms with E-state index in [2.05, 4.69) is 27.0 Å². The van der Waals surface area contributed by atoms with Crippen LogP contribution in [0, 0.1) is 0 Å². The Hall–Kier alpha value is -2.18. The van der Waals surface area contributed by atoms with Gasteiger partial charge in [0.1, 0.15) is 11.9 Å². The smallest absolute Gasteiger partial charge is 0.232 e. The number of nitrogens with zero attached hydrogens (tertiary/aromatic N) is 3. The van der Waals surface area contributed by atoms with E-state index in [4.69, 9.17) is 14.2 Å². The first-order chi connectivity index (χ1) is 12.3. The van der Waals surface area contributed by atoms with Crippen molar-refractivity contribution in [2.45, 2.75) is 31.1 Å². The first kappa shape index (κ1) is 16.3. The fourth-order valence-corrected chi connectivity index (χ4v) is 3.78. The molecule has 1 unspecified atom stereocenters. The van der Waals surface area contributed by atoms with Crippen LogP contribution < -0.4 is 9.47 Å². The molecule has 1 spiro atoms. The van der Waals surface area contributed by atoms with Gasteiger partial charge in [-0.05, 0) is 6.07 Å². The average molecular weight is 341 g/mol. The van der Waals surface area contributed by atoms with Crippen LogP contribution in [0.15, 0.2) is 42.9 Å². The van der Waals surface area contributed by atoms with Crippen molar-refractivity contribution in [3.05, 3.63) is 48.4 Å². The van der Waals surface area contributed by atoms with Gasteiger partial charge in [-0.15, -0.1) is 0 Å². The zero-order valence-corrected chi connectivity index (χ0v) is 14.4. The van der Waals surface area contributed by atoms with E-state index in [0.29, 0.717) is 5.88 Å². The number of hydrogen-bond acceptors (Lipinski definition) is 6. The van der Waals surface area contributed by atoms with E-state index in [-0.39, 0.29) is 11.7 Å². The number of para-hydroxylation sites is 1. The Morgan fingerprint density at radius 2 is 2.16 bits per heavy atom. The first-order valence-corrected chi connectivity index (χ1v) is 8.67. The standard InChI is InChI=1S/C19H23N3O3/c1-23-17-5-3-2-4-15(17)12-22-13-19(14-22)10-16(6-9-24-19)25-18-11-20-7-8-21-18/h2-5,7-8,11,16H,6,9-10,12-14H2,1H3. The number of likely N-dealkylation sites (tertiary alicyclic amines) is 1. The quantitative estimate of drug-likeness (QED) is 0.832. The third-order valence-corrected chi connectivity index (χ3v) is 4.88. The molecule has 3 heterocycles. The lowest BCUT2D eigenvalue weighted by molar-refractivity contribution is -0.188. The third-order valence-electron chi connectivity index (χ3n) is 4.88. The summed E-state index contributed by atoms with van der Waals surface area (Å²) in [5.41, 5.74) is 1.12. The summed E-state index contributed by atoms with van der Waals surface area (Å²) in [6.45, 7) is 3.45. The minimum absolute atomic E-state index is 0.0901. The molecule has 1 aromatic carbocycles. The van der Waals surface area contributed by atoms with E-state index >= 15 is 0 Å². The van der Waals surface area contributed by atoms with Crippen LogP contribution in [0.1, 0.15) is 18.4 Å². The van der Waals surface area contributed by atoms with E-state index in [1.165, 1.54) is 5.56 Å². The summed E-state index contributed by atoms with van der Waals surface area (Å²) >= 11 is 0. The molecule has 2 aliphatic heterocycles. The fraction of sp³-hybridized carbons (Fsp3) is 0.474. The van der Waals surface area contributed by atoms with Crippen LogP contribution in [-0.4, -0.2) is 53.4 Å². The van der Waals surface area contributed by atoms with Crippen LogP contribution in [0.5, 0.6) is 11.6 Å². The molecule has 2 saturated heterocycles. The molecule has 0 saturated carbocycles. The summed E-state index contributed by atoms with van der Waals surface area (Å²) < 4.78 is 17.5. The minimum Gasteiger partial charge on any atom is -0.496 e. The molecule has 1 aromatic heterocycles. The Labute approximate surface area is 147 Å². The fourth-order valence-electron chi connectivity index (χ4n) is 3.78. The summed E-state index contributed by atoms with van der Waals surface area (Å²) in [5.74, 6) is 1.53. The van der Waals surface area contributed by atoms with Gasteiger partial charge in [0.05, 0.1) is 25.5 Å². The van der Waals surface area contributed by atoms with Gasteiger partial charge in [-0.1, -0.05) is 18.2 Å². The molecule has 25 heavy (non-hydrogen) atoms. The van der Waals surface area contributed by atoms with Crippen molar-refractivity contribution in [1.82, 2.24) is 14.9 Å². The van der Waals surface area contributed by atoms with Crippen LogP contribution in [0.2, 0.25) is 0 Å². The SMILES string of the molecule is COc1ccccc1CN1CC2(CC(Oc3cnccn3)CCO2)C1. The molecule has 2 aromatic rings. The first-order valence-electron chi connectivity index (χ1n) is 8.67. The average Bonchev–Trinajstić information content (AvgIpc) is 2.62. The Kier molecular flexibility index (Phi) is 4.55. The van der Waals surface area contributed by atoms with Crippen LogP contribution in [0.4, 0.5) is 0 Å². The maximum absolute atomic E-state index is 6.10. The van der Waals surface area contributed by atoms with Crippen LogP contribution in [0.3, 0.4) is 0 Å². The molecule has 6 heteroatoms. The lowest BCUT2D eigenvalue weighted by Gasteiger charge is -2.53. The summed E-state index contributed by atoms with van der Waals surface area (Å²) in [4.78, 5) is 10.7. The van der Waals surface area contributed by atoms with E-state index < -0.39 is 0 Å². The monoisotopic (exact) mass is 341 g/mol. The summed E-state index contributed by atoms with van der Waals surface area (Å²) in [6.07, 6.45) is 6.90. The Bertz CT molecular complexity index is 704. The van der Waals surface area contributed by atoms with E-state index in [1.54, 1.807) is 25.7 Å². The minimum atomic E-state index is -0.0901. The van der Waals surface area contributed by atoms with Crippen molar-refractivity contribution >= 4 is 0 Å². The zero-order chi connectivity index (χ0) is 17.1. The van der Waals surface area contributed by atoms with E-state index in [1.807, 2.05) is 12.1 Å². The second-order valence-corrected chi connectivity index (χ2v) is 6.76. The lowest BCUT2D eigenvalue weighted by atomic mass is 9.84. The zero-order valence-electron chi connectivity index (χ0n) is 14.4. The highest BCUT2D eigenvalue weighted by molar-refractivity contribution is 5.33. The van der Waals surface area contributed by atoms with Gasteiger partial charge in [-0.2, -0.15) is 0 Å². The number of ether oxygens (including phenoxy) is 3. The van der Waals surface area contributed by atoms with Gasteiger partial charge >= 0.3 is 0 Å². The van der Waals surface area contributed by atoms with Crippen molar-refractivity contribution in [3.8, 4) is 11.6 Å². The van der Waals surface area contributed by atoms with Gasteiger partial charge in [0.25, 0.3) is 0 Å². The predicted molar refractivity (Wildman–Crippen MR) is 92.6 cm³/mol. The third kappa shape index (κ3) is 3.60. The summed E-state index contributed by atoms with van der Waals surface area (Å²) in [7, 11) is 1.72. The molecular weight excluding hydrogens is 318 g/mol. The predicted octanol–water partition coefficient (Wildman–Crippen LogP) is 2.30. The van der Waals surface area contributed by atoms with E-state index in [0.717, 1.165) is 44.8 Å². The molecule has 0 N–H and O–H groups in total. The molecule has 0 amide bonds. The Morgan fingerprint density at radius 1 is 1.28 bits per heavy atom. The lowest BCUT2D eigenvalue weighted by Crippen LogP contribution is -2.65. The molecule has 1 atom stereocenters. The highest BCUT2D eigenvalue weighted by atomic mass is 16.5. The maximum Gasteiger partial charge on any atom is 0.232 e. The Morgan fingerprint density at radius 3 is 2.96 bits per heavy atom. The maximum atomic E-state index is 6.10. The second-order valence-electron chi connectivity index (χ2n) is 6.76. The Balaban J connectivity index is 1.33. The van der Waals surface area contributed by atoms with Crippen molar-refractivity contribution in [3.63, 3.8) is 0 Å². The molecule has 2 fully saturated rings. The van der Waals surface area contributed by atoms with Crippen molar-refractivity contribution in [2.24, 2.45) is 0 Å². The second kappa shape index (κ2) is 6.98. The molecule has 2 aliphatic rings. The van der Waals surface area contributed by atoms with Crippen molar-refractivity contribution < 1.29 is 14.2 Å². The van der Waals surface area contributed by atoms with Crippen LogP contribution >= 0.6 is 0 Å². The normalized spacial score (nSPS) is 22.4. The van der Waals surface area contributed by atoms with Crippen LogP contribution in [0.25, 0.3) is 0 Å². The van der Waals surface area contributed by atoms with Crippen molar-refractivity contribution in [2.75, 3.05) is 26.8 Å². The van der Waals surface area contributed by atoms with Crippen LogP contribution in [-0.2, 0) is 11.3 Å². The number of aromatic nitrogens is 2. The number of methoxy groups -OCH3 is 1. The molecule has 6 nitrogen and oxygen atoms in total. The van der Waals surface area contributed by atoms with Gasteiger partial charge in [0, 0.05) is 50.4 Å². The molecule has 132 valence electrons. The van der Waals surface area contributed by atoms with Gasteiger partial charge in [0.15, 0.2) is 0 Å². The number of rotatable bonds is 5. The van der Waals surface area contributed by atoms with Gasteiger partial charge in [0.2, 0.25) is 5.88 Å². The molecule has 0 bridgehead atoms. The summed E-state index contributed by atoms with van der Waals surface area (Å²) in [5, 5.41) is 0. The van der Waals surface area contributed by atoms with Gasteiger partial charge in [-0.3, -0.25) is 9.88 Å². The topological polar surface area (TPSA) is 56.7 Å². The number of benzene rings is 1. The number of hydrogen-bond donors (Lipinski definition) is 0. The molecule has 0 radical (unpaired) electrons. The molecule has 4 rings (SSSR count). The largest absolute Gasteiger partial charge is 0.496 e. The van der Waals surface area contributed by atoms with E-state index in [9.17, 15) is 0 Å². The highest BCUT2D eigenvalue weighted by Crippen LogP contribution is 2.36.